The zero-order chi connectivity index (χ0) is 19.2. The van der Waals surface area contributed by atoms with Gasteiger partial charge in [0.1, 0.15) is 0 Å². The van der Waals surface area contributed by atoms with Crippen molar-refractivity contribution in [1.82, 2.24) is 10.3 Å². The second-order valence-electron chi connectivity index (χ2n) is 5.70. The molecule has 1 heterocycles. The van der Waals surface area contributed by atoms with Crippen LogP contribution in [-0.2, 0) is 6.54 Å². The van der Waals surface area contributed by atoms with E-state index in [1.165, 1.54) is 12.3 Å². The van der Waals surface area contributed by atoms with Crippen molar-refractivity contribution in [2.45, 2.75) is 6.54 Å². The van der Waals surface area contributed by atoms with Crippen LogP contribution in [-0.4, -0.2) is 16.8 Å². The lowest BCUT2D eigenvalue weighted by atomic mass is 10.1. The topological polar surface area (TPSA) is 71.1 Å². The quantitative estimate of drug-likeness (QED) is 0.659. The Hall–Kier alpha value is -2.89. The van der Waals surface area contributed by atoms with Crippen LogP contribution in [0, 0.1) is 0 Å². The summed E-state index contributed by atoms with van der Waals surface area (Å²) in [6, 6.07) is 15.3. The number of aromatic nitrogens is 1. The molecule has 2 N–H and O–H groups in total. The molecule has 3 aromatic rings. The van der Waals surface area contributed by atoms with Crippen LogP contribution in [0.15, 0.2) is 67.0 Å². The SMILES string of the molecule is O=C(Nc1cccc(CNC(=O)c2cc(Cl)ccc2Cl)c1)c1cccnc1. The number of pyridine rings is 1. The molecule has 0 fully saturated rings. The largest absolute Gasteiger partial charge is 0.348 e. The molecule has 0 saturated heterocycles. The molecule has 2 amide bonds. The first kappa shape index (κ1) is 18.9. The number of nitrogens with one attached hydrogen (secondary N) is 2. The number of anilines is 1. The molecule has 0 aliphatic carbocycles. The van der Waals surface area contributed by atoms with E-state index >= 15 is 0 Å². The summed E-state index contributed by atoms with van der Waals surface area (Å²) in [4.78, 5) is 28.4. The zero-order valence-corrected chi connectivity index (χ0v) is 15.6. The van der Waals surface area contributed by atoms with Gasteiger partial charge in [-0.25, -0.2) is 0 Å². The van der Waals surface area contributed by atoms with E-state index < -0.39 is 0 Å². The maximum absolute atomic E-state index is 12.3. The van der Waals surface area contributed by atoms with Gasteiger partial charge < -0.3 is 10.6 Å². The van der Waals surface area contributed by atoms with Gasteiger partial charge in [0.2, 0.25) is 0 Å². The van der Waals surface area contributed by atoms with Crippen molar-refractivity contribution in [1.29, 1.82) is 0 Å². The smallest absolute Gasteiger partial charge is 0.257 e. The van der Waals surface area contributed by atoms with Crippen LogP contribution in [0.3, 0.4) is 0 Å². The van der Waals surface area contributed by atoms with Crippen LogP contribution in [0.1, 0.15) is 26.3 Å². The zero-order valence-electron chi connectivity index (χ0n) is 14.1. The van der Waals surface area contributed by atoms with Crippen molar-refractivity contribution in [3.8, 4) is 0 Å². The molecular weight excluding hydrogens is 385 g/mol. The third-order valence-electron chi connectivity index (χ3n) is 3.73. The lowest BCUT2D eigenvalue weighted by molar-refractivity contribution is 0.0950. The normalized spacial score (nSPS) is 10.3. The number of hydrogen-bond acceptors (Lipinski definition) is 3. The lowest BCUT2D eigenvalue weighted by Gasteiger charge is -2.10. The molecule has 0 spiro atoms. The van der Waals surface area contributed by atoms with Gasteiger partial charge in [0.15, 0.2) is 0 Å². The fourth-order valence-electron chi connectivity index (χ4n) is 2.41. The van der Waals surface area contributed by atoms with Crippen LogP contribution in [0.2, 0.25) is 10.0 Å². The molecule has 136 valence electrons. The summed E-state index contributed by atoms with van der Waals surface area (Å²) in [5.41, 5.74) is 2.22. The predicted octanol–water partition coefficient (Wildman–Crippen LogP) is 4.57. The Kier molecular flexibility index (Phi) is 6.06. The highest BCUT2D eigenvalue weighted by molar-refractivity contribution is 6.35. The van der Waals surface area contributed by atoms with E-state index in [1.807, 2.05) is 6.07 Å². The third kappa shape index (κ3) is 5.06. The van der Waals surface area contributed by atoms with Crippen LogP contribution in [0.25, 0.3) is 0 Å². The second-order valence-corrected chi connectivity index (χ2v) is 6.55. The average molecular weight is 400 g/mol. The van der Waals surface area contributed by atoms with Crippen LogP contribution < -0.4 is 10.6 Å². The summed E-state index contributed by atoms with van der Waals surface area (Å²) >= 11 is 12.0. The van der Waals surface area contributed by atoms with Gasteiger partial charge in [0.25, 0.3) is 11.8 Å². The van der Waals surface area contributed by atoms with Crippen molar-refractivity contribution >= 4 is 40.7 Å². The molecule has 0 atom stereocenters. The summed E-state index contributed by atoms with van der Waals surface area (Å²) in [6.07, 6.45) is 3.10. The number of nitrogens with zero attached hydrogens (tertiary/aromatic N) is 1. The van der Waals surface area contributed by atoms with Gasteiger partial charge in [-0.1, -0.05) is 35.3 Å². The van der Waals surface area contributed by atoms with E-state index in [4.69, 9.17) is 23.2 Å². The molecule has 3 rings (SSSR count). The van der Waals surface area contributed by atoms with Gasteiger partial charge in [-0.3, -0.25) is 14.6 Å². The molecular formula is C20H15Cl2N3O2. The monoisotopic (exact) mass is 399 g/mol. The third-order valence-corrected chi connectivity index (χ3v) is 4.30. The number of carbonyl (C=O) groups excluding carboxylic acids is 2. The summed E-state index contributed by atoms with van der Waals surface area (Å²) in [7, 11) is 0. The summed E-state index contributed by atoms with van der Waals surface area (Å²) in [5, 5.41) is 6.36. The standard InChI is InChI=1S/C20H15Cl2N3O2/c21-15-6-7-18(22)17(10-15)20(27)24-11-13-3-1-5-16(9-13)25-19(26)14-4-2-8-23-12-14/h1-10,12H,11H2,(H,24,27)(H,25,26). The molecule has 5 nitrogen and oxygen atoms in total. The van der Waals surface area contributed by atoms with E-state index in [-0.39, 0.29) is 18.4 Å². The minimum atomic E-state index is -0.327. The maximum Gasteiger partial charge on any atom is 0.257 e. The molecule has 0 unspecified atom stereocenters. The van der Waals surface area contributed by atoms with Crippen LogP contribution in [0.5, 0.6) is 0 Å². The number of benzene rings is 2. The number of rotatable bonds is 5. The van der Waals surface area contributed by atoms with Crippen molar-refractivity contribution in [2.24, 2.45) is 0 Å². The Morgan fingerprint density at radius 3 is 2.59 bits per heavy atom. The molecule has 27 heavy (non-hydrogen) atoms. The van der Waals surface area contributed by atoms with Gasteiger partial charge in [0.05, 0.1) is 16.1 Å². The summed E-state index contributed by atoms with van der Waals surface area (Å²) in [6.45, 7) is 0.276. The minimum absolute atomic E-state index is 0.255. The first-order chi connectivity index (χ1) is 13.0. The highest BCUT2D eigenvalue weighted by atomic mass is 35.5. The first-order valence-electron chi connectivity index (χ1n) is 8.06. The number of carbonyl (C=O) groups is 2. The van der Waals surface area contributed by atoms with Crippen molar-refractivity contribution < 1.29 is 9.59 Å². The Bertz CT molecular complexity index is 978. The summed E-state index contributed by atoms with van der Waals surface area (Å²) < 4.78 is 0. The van der Waals surface area contributed by atoms with E-state index in [1.54, 1.807) is 48.7 Å². The van der Waals surface area contributed by atoms with Crippen LogP contribution >= 0.6 is 23.2 Å². The minimum Gasteiger partial charge on any atom is -0.348 e. The van der Waals surface area contributed by atoms with Crippen molar-refractivity contribution in [3.05, 3.63) is 93.7 Å². The van der Waals surface area contributed by atoms with Crippen molar-refractivity contribution in [2.75, 3.05) is 5.32 Å². The average Bonchev–Trinajstić information content (AvgIpc) is 2.69. The molecule has 2 aromatic carbocycles. The number of hydrogen-bond donors (Lipinski definition) is 2. The van der Waals surface area contributed by atoms with Crippen molar-refractivity contribution in [3.63, 3.8) is 0 Å². The Balaban J connectivity index is 1.65. The Morgan fingerprint density at radius 1 is 0.963 bits per heavy atom. The van der Waals surface area contributed by atoms with Gasteiger partial charge in [0, 0.05) is 29.6 Å². The number of amides is 2. The summed E-state index contributed by atoms with van der Waals surface area (Å²) in [5.74, 6) is -0.581. The highest BCUT2D eigenvalue weighted by Crippen LogP contribution is 2.20. The second kappa shape index (κ2) is 8.66. The van der Waals surface area contributed by atoms with E-state index in [0.717, 1.165) is 5.56 Å². The molecule has 0 aliphatic heterocycles. The van der Waals surface area contributed by atoms with E-state index in [2.05, 4.69) is 15.6 Å². The van der Waals surface area contributed by atoms with Crippen LogP contribution in [0.4, 0.5) is 5.69 Å². The Labute approximate surface area is 166 Å². The molecule has 7 heteroatoms. The molecule has 1 aromatic heterocycles. The van der Waals surface area contributed by atoms with E-state index in [0.29, 0.717) is 26.9 Å². The molecule has 0 aliphatic rings. The number of halogens is 2. The maximum atomic E-state index is 12.3. The fraction of sp³-hybridized carbons (Fsp3) is 0.0500. The Morgan fingerprint density at radius 2 is 1.81 bits per heavy atom. The molecule has 0 saturated carbocycles. The lowest BCUT2D eigenvalue weighted by Crippen LogP contribution is -2.23. The fourth-order valence-corrected chi connectivity index (χ4v) is 2.78. The highest BCUT2D eigenvalue weighted by Gasteiger charge is 2.11. The molecule has 0 bridgehead atoms. The first-order valence-corrected chi connectivity index (χ1v) is 8.82. The van der Waals surface area contributed by atoms with Gasteiger partial charge >= 0.3 is 0 Å². The van der Waals surface area contributed by atoms with Gasteiger partial charge in [-0.2, -0.15) is 0 Å². The van der Waals surface area contributed by atoms with E-state index in [9.17, 15) is 9.59 Å². The molecule has 0 radical (unpaired) electrons. The van der Waals surface area contributed by atoms with Gasteiger partial charge in [-0.05, 0) is 48.0 Å². The predicted molar refractivity (Wildman–Crippen MR) is 106 cm³/mol. The van der Waals surface area contributed by atoms with Gasteiger partial charge in [-0.15, -0.1) is 0 Å².